The van der Waals surface area contributed by atoms with Crippen molar-refractivity contribution in [2.24, 2.45) is 21.1 Å². The van der Waals surface area contributed by atoms with Crippen LogP contribution in [0.5, 0.6) is 17.6 Å². The van der Waals surface area contributed by atoms with Gasteiger partial charge in [0.1, 0.15) is 31.2 Å². The average molecular weight is 1240 g/mol. The third-order valence-corrected chi connectivity index (χ3v) is 12.2. The number of aryl methyl sites for hydroxylation is 3. The van der Waals surface area contributed by atoms with Crippen LogP contribution >= 0.6 is 0 Å². The summed E-state index contributed by atoms with van der Waals surface area (Å²) in [7, 11) is 4.67. The first kappa shape index (κ1) is 63.7. The van der Waals surface area contributed by atoms with Crippen molar-refractivity contribution in [1.29, 1.82) is 0 Å². The smallest absolute Gasteiger partial charge is 0.357 e. The Morgan fingerprint density at radius 2 is 1.12 bits per heavy atom. The van der Waals surface area contributed by atoms with Crippen molar-refractivity contribution in [3.8, 4) is 52.0 Å². The number of carbonyl (C=O) groups excluding carboxylic acids is 4. The largest absolute Gasteiger partial charge is 0.478 e. The maximum Gasteiger partial charge on any atom is 0.357 e. The van der Waals surface area contributed by atoms with E-state index in [2.05, 4.69) is 66.5 Å². The van der Waals surface area contributed by atoms with E-state index in [1.165, 1.54) is 59.2 Å². The molecule has 0 aromatic carbocycles. The Balaban J connectivity index is 0.000000174. The predicted molar refractivity (Wildman–Crippen MR) is 305 cm³/mol. The summed E-state index contributed by atoms with van der Waals surface area (Å²) >= 11 is 0. The molecule has 9 aromatic rings. The fourth-order valence-electron chi connectivity index (χ4n) is 7.93. The van der Waals surface area contributed by atoms with Crippen LogP contribution in [-0.4, -0.2) is 154 Å². The Morgan fingerprint density at radius 3 is 1.63 bits per heavy atom. The summed E-state index contributed by atoms with van der Waals surface area (Å²) in [6.07, 6.45) is 15.6. The highest BCUT2D eigenvalue weighted by Gasteiger charge is 2.27. The van der Waals surface area contributed by atoms with E-state index in [4.69, 9.17) is 37.7 Å². The number of carbonyl (C=O) groups is 6. The van der Waals surface area contributed by atoms with Crippen molar-refractivity contribution >= 4 is 52.6 Å². The third kappa shape index (κ3) is 17.4. The van der Waals surface area contributed by atoms with Crippen LogP contribution in [0.2, 0.25) is 0 Å². The van der Waals surface area contributed by atoms with Crippen LogP contribution in [0.3, 0.4) is 0 Å². The van der Waals surface area contributed by atoms with E-state index in [1.807, 2.05) is 0 Å². The monoisotopic (exact) mass is 1240 g/mol. The van der Waals surface area contributed by atoms with Gasteiger partial charge in [-0.3, -0.25) is 53.5 Å². The van der Waals surface area contributed by atoms with Crippen molar-refractivity contribution in [1.82, 2.24) is 75.2 Å². The SMILES string of the molecule is Cn1cc([N+](=O)[O-])c(C(=O)NCCCCOc2cc(-c3nc(C(=O)O)co3)ccn2)n1.Cn1cc([N+](=O)[O-])c(C(=O)NCCCCOc2cc(-c3nc(C(=O)O)co3)ccn2)n1.Cn1cc2c(n1)C(=O)NCCCCOc1cc(ccn1)-c1nc(co1)C(=O)N2. The summed E-state index contributed by atoms with van der Waals surface area (Å²) in [6.45, 7) is 2.11. The van der Waals surface area contributed by atoms with Gasteiger partial charge in [0.05, 0.1) is 35.4 Å². The Morgan fingerprint density at radius 1 is 0.633 bits per heavy atom. The maximum absolute atomic E-state index is 12.6. The number of hydrogen-bond acceptors (Lipinski definition) is 25. The Labute approximate surface area is 505 Å². The highest BCUT2D eigenvalue weighted by molar-refractivity contribution is 6.07. The van der Waals surface area contributed by atoms with Gasteiger partial charge in [-0.1, -0.05) is 0 Å². The molecule has 0 spiro atoms. The zero-order chi connectivity index (χ0) is 64.3. The third-order valence-electron chi connectivity index (χ3n) is 12.2. The number of amides is 4. The molecule has 1 aliphatic heterocycles. The molecule has 0 saturated heterocycles. The first-order valence-corrected chi connectivity index (χ1v) is 27.0. The molecule has 4 bridgehead atoms. The van der Waals surface area contributed by atoms with E-state index >= 15 is 0 Å². The number of nitro groups is 2. The minimum atomic E-state index is -1.19. The second-order valence-electron chi connectivity index (χ2n) is 18.9. The van der Waals surface area contributed by atoms with Crippen LogP contribution in [0.25, 0.3) is 34.4 Å². The van der Waals surface area contributed by atoms with Crippen LogP contribution in [0.4, 0.5) is 17.1 Å². The van der Waals surface area contributed by atoms with Crippen molar-refractivity contribution in [2.45, 2.75) is 38.5 Å². The molecule has 4 amide bonds. The molecule has 0 fully saturated rings. The number of oxazole rings is 3. The van der Waals surface area contributed by atoms with E-state index < -0.39 is 39.5 Å². The number of fused-ring (bicyclic) bond motifs is 6. The molecule has 0 aliphatic carbocycles. The number of rotatable bonds is 20. The minimum Gasteiger partial charge on any atom is -0.478 e. The molecular weight excluding hydrogens is 1190 g/mol. The first-order valence-electron chi connectivity index (χ1n) is 27.0. The van der Waals surface area contributed by atoms with Crippen molar-refractivity contribution < 1.29 is 76.3 Å². The summed E-state index contributed by atoms with van der Waals surface area (Å²) in [5, 5.41) is 62.1. The van der Waals surface area contributed by atoms with Crippen LogP contribution in [0, 0.1) is 20.2 Å². The molecule has 0 saturated carbocycles. The van der Waals surface area contributed by atoms with Gasteiger partial charge in [0.15, 0.2) is 22.8 Å². The van der Waals surface area contributed by atoms with Crippen LogP contribution in [-0.2, 0) is 21.1 Å². The number of aromatic nitrogens is 12. The highest BCUT2D eigenvalue weighted by atomic mass is 16.6. The number of unbranched alkanes of at least 4 members (excludes halogenated alkanes) is 2. The van der Waals surface area contributed by atoms with E-state index in [9.17, 15) is 49.0 Å². The molecule has 90 heavy (non-hydrogen) atoms. The number of carboxylic acid groups (broad SMARTS) is 2. The lowest BCUT2D eigenvalue weighted by Gasteiger charge is -2.07. The fraction of sp³-hybridized carbons (Fsp3) is 0.278. The zero-order valence-corrected chi connectivity index (χ0v) is 47.8. The molecule has 0 atom stereocenters. The summed E-state index contributed by atoms with van der Waals surface area (Å²) < 4.78 is 36.3. The molecule has 36 nitrogen and oxygen atoms in total. The van der Waals surface area contributed by atoms with Gasteiger partial charge >= 0.3 is 23.3 Å². The van der Waals surface area contributed by atoms with Gasteiger partial charge in [0.2, 0.25) is 46.7 Å². The number of nitrogens with one attached hydrogen (secondary N) is 4. The standard InChI is InChI=1S/2C18H18N6O7.C18H18N6O4/c2*1-23-9-13(24(28)29)15(22-23)16(25)20-5-2-3-7-30-14-8-11(4-6-19-14)17-21-12(10-31-17)18(26)27;1-24-9-12-15(23-24)17(26)20-5-2-3-7-27-14-8-11(4-6-19-14)18-22-13(10-28-18)16(25)21-12/h2*4,6,8-10H,2-3,5,7H2,1H3,(H,20,25)(H,26,27);4,6,8-10H,2-3,5,7H2,1H3,(H,20,26)(H,21,25). The molecule has 6 N–H and O–H groups in total. The number of hydrogen-bond donors (Lipinski definition) is 6. The lowest BCUT2D eigenvalue weighted by Crippen LogP contribution is -2.26. The average Bonchev–Trinajstić information content (AvgIpc) is 2.98. The Hall–Kier alpha value is -12.3. The van der Waals surface area contributed by atoms with Crippen LogP contribution in [0.15, 0.2) is 106 Å². The lowest BCUT2D eigenvalue weighted by molar-refractivity contribution is -0.385. The number of aromatic carboxylic acids is 2. The zero-order valence-electron chi connectivity index (χ0n) is 47.8. The van der Waals surface area contributed by atoms with Crippen molar-refractivity contribution in [2.75, 3.05) is 44.8 Å². The van der Waals surface area contributed by atoms with Gasteiger partial charge in [-0.15, -0.1) is 0 Å². The number of anilines is 1. The maximum atomic E-state index is 12.6. The molecule has 468 valence electrons. The van der Waals surface area contributed by atoms with Gasteiger partial charge < -0.3 is 58.9 Å². The number of nitrogens with zero attached hydrogens (tertiary/aromatic N) is 14. The van der Waals surface area contributed by atoms with Crippen molar-refractivity contribution in [3.05, 3.63) is 147 Å². The van der Waals surface area contributed by atoms with E-state index in [0.29, 0.717) is 92.1 Å². The highest BCUT2D eigenvalue weighted by Crippen LogP contribution is 2.26. The van der Waals surface area contributed by atoms with Crippen molar-refractivity contribution in [3.63, 3.8) is 0 Å². The van der Waals surface area contributed by atoms with Gasteiger partial charge in [-0.05, 0) is 56.7 Å². The lowest BCUT2D eigenvalue weighted by atomic mass is 10.2. The van der Waals surface area contributed by atoms with Gasteiger partial charge in [-0.25, -0.2) is 39.5 Å². The second-order valence-corrected chi connectivity index (χ2v) is 18.9. The summed E-state index contributed by atoms with van der Waals surface area (Å²) in [6, 6.07) is 9.77. The molecule has 10 heterocycles. The second kappa shape index (κ2) is 30.2. The number of pyridine rings is 3. The molecule has 1 aliphatic rings. The number of ether oxygens (including phenoxy) is 3. The molecule has 0 radical (unpaired) electrons. The van der Waals surface area contributed by atoms with E-state index in [0.717, 1.165) is 25.4 Å². The van der Waals surface area contributed by atoms with Crippen LogP contribution in [0.1, 0.15) is 101 Å². The first-order chi connectivity index (χ1) is 43.3. The Bertz CT molecular complexity index is 3880. The van der Waals surface area contributed by atoms with Gasteiger partial charge in [0.25, 0.3) is 23.6 Å². The quantitative estimate of drug-likeness (QED) is 0.0334. The summed E-state index contributed by atoms with van der Waals surface area (Å²) in [5.74, 6) is -2.90. The number of carboxylic acids is 2. The molecular formula is C54H54N18O18. The minimum absolute atomic E-state index is 0.0776. The predicted octanol–water partition coefficient (Wildman–Crippen LogP) is 4.96. The Kier molecular flexibility index (Phi) is 21.4. The fourth-order valence-corrected chi connectivity index (χ4v) is 7.93. The normalized spacial score (nSPS) is 12.0. The topological polar surface area (TPSA) is 475 Å². The van der Waals surface area contributed by atoms with Gasteiger partial charge in [-0.2, -0.15) is 15.3 Å². The summed E-state index contributed by atoms with van der Waals surface area (Å²) in [5.41, 5.74) is 0.616. The molecule has 9 aromatic heterocycles. The van der Waals surface area contributed by atoms with E-state index in [1.54, 1.807) is 55.8 Å². The van der Waals surface area contributed by atoms with Crippen LogP contribution < -0.4 is 35.5 Å². The molecule has 10 rings (SSSR count). The molecule has 36 heteroatoms. The van der Waals surface area contributed by atoms with E-state index in [-0.39, 0.29) is 82.2 Å². The molecule has 0 unspecified atom stereocenters. The summed E-state index contributed by atoms with van der Waals surface area (Å²) in [4.78, 5) is 116. The van der Waals surface area contributed by atoms with Gasteiger partial charge in [0, 0.05) is 100 Å².